The van der Waals surface area contributed by atoms with Gasteiger partial charge in [-0.05, 0) is 36.8 Å². The van der Waals surface area contributed by atoms with Crippen LogP contribution in [0.1, 0.15) is 18.5 Å². The highest BCUT2D eigenvalue weighted by Crippen LogP contribution is 2.28. The molecule has 24 heavy (non-hydrogen) atoms. The number of halogens is 3. The number of carbonyl (C=O) groups is 1. The molecule has 0 aliphatic rings. The topological polar surface area (TPSA) is 50.4 Å². The minimum atomic E-state index is -0.553. The number of carbonyl (C=O) groups excluding carboxylic acids is 1. The average Bonchev–Trinajstić information content (AvgIpc) is 2.56. The molecule has 4 nitrogen and oxygen atoms in total. The molecule has 2 aromatic carbocycles. The number of benzene rings is 2. The van der Waals surface area contributed by atoms with Crippen LogP contribution in [0.5, 0.6) is 5.75 Å². The first-order valence-electron chi connectivity index (χ1n) is 7.23. The van der Waals surface area contributed by atoms with Gasteiger partial charge in [0.2, 0.25) is 5.91 Å². The third kappa shape index (κ3) is 4.60. The highest BCUT2D eigenvalue weighted by atomic mass is 35.5. The van der Waals surface area contributed by atoms with Crippen LogP contribution in [-0.4, -0.2) is 19.6 Å². The molecular formula is C17H17Cl2FN2O2. The standard InChI is InChI=1S/C17H17Cl2FN2O2/c1-10(11-7-14(20)13(19)8-12(11)18)21-9-17(23)22-15-5-3-4-6-16(15)24-2/h3-8,10,21H,9H2,1-2H3,(H,22,23)/t10-/m1/s1. The molecule has 2 rings (SSSR count). The van der Waals surface area contributed by atoms with Crippen LogP contribution in [-0.2, 0) is 4.79 Å². The number of amides is 1. The summed E-state index contributed by atoms with van der Waals surface area (Å²) in [6.07, 6.45) is 0. The summed E-state index contributed by atoms with van der Waals surface area (Å²) in [5.74, 6) is -0.234. The Morgan fingerprint density at radius 2 is 1.96 bits per heavy atom. The van der Waals surface area contributed by atoms with Gasteiger partial charge in [-0.3, -0.25) is 4.79 Å². The molecule has 0 heterocycles. The van der Waals surface area contributed by atoms with Crippen LogP contribution in [0.2, 0.25) is 10.0 Å². The number of hydrogen-bond acceptors (Lipinski definition) is 3. The first-order chi connectivity index (χ1) is 11.4. The maximum Gasteiger partial charge on any atom is 0.238 e. The van der Waals surface area contributed by atoms with Gasteiger partial charge in [0.25, 0.3) is 0 Å². The van der Waals surface area contributed by atoms with Gasteiger partial charge in [-0.2, -0.15) is 0 Å². The second kappa shape index (κ2) is 8.33. The largest absolute Gasteiger partial charge is 0.495 e. The van der Waals surface area contributed by atoms with Crippen molar-refractivity contribution in [2.45, 2.75) is 13.0 Å². The number of hydrogen-bond donors (Lipinski definition) is 2. The number of anilines is 1. The molecule has 0 aliphatic carbocycles. The van der Waals surface area contributed by atoms with Gasteiger partial charge in [0.05, 0.1) is 24.4 Å². The summed E-state index contributed by atoms with van der Waals surface area (Å²) < 4.78 is 18.8. The number of para-hydroxylation sites is 2. The molecule has 0 bridgehead atoms. The minimum Gasteiger partial charge on any atom is -0.495 e. The Labute approximate surface area is 149 Å². The lowest BCUT2D eigenvalue weighted by molar-refractivity contribution is -0.115. The summed E-state index contributed by atoms with van der Waals surface area (Å²) >= 11 is 11.8. The van der Waals surface area contributed by atoms with Crippen molar-refractivity contribution in [1.29, 1.82) is 0 Å². The molecule has 1 amide bonds. The lowest BCUT2D eigenvalue weighted by Crippen LogP contribution is -2.30. The summed E-state index contributed by atoms with van der Waals surface area (Å²) in [6.45, 7) is 1.81. The van der Waals surface area contributed by atoms with E-state index in [9.17, 15) is 9.18 Å². The van der Waals surface area contributed by atoms with E-state index in [1.54, 1.807) is 25.1 Å². The van der Waals surface area contributed by atoms with Crippen molar-refractivity contribution >= 4 is 34.8 Å². The normalized spacial score (nSPS) is 11.9. The predicted molar refractivity (Wildman–Crippen MR) is 94.5 cm³/mol. The van der Waals surface area contributed by atoms with Crippen LogP contribution in [0.25, 0.3) is 0 Å². The monoisotopic (exact) mass is 370 g/mol. The van der Waals surface area contributed by atoms with Gasteiger partial charge in [-0.15, -0.1) is 0 Å². The van der Waals surface area contributed by atoms with Gasteiger partial charge in [0, 0.05) is 11.1 Å². The molecule has 128 valence electrons. The molecule has 1 atom stereocenters. The Hall–Kier alpha value is -1.82. The van der Waals surface area contributed by atoms with Crippen molar-refractivity contribution in [2.75, 3.05) is 19.0 Å². The van der Waals surface area contributed by atoms with E-state index in [1.807, 2.05) is 6.07 Å². The van der Waals surface area contributed by atoms with Gasteiger partial charge < -0.3 is 15.4 Å². The summed E-state index contributed by atoms with van der Waals surface area (Å²) in [4.78, 5) is 12.1. The van der Waals surface area contributed by atoms with Crippen LogP contribution in [0.15, 0.2) is 36.4 Å². The second-order valence-electron chi connectivity index (χ2n) is 5.14. The molecular weight excluding hydrogens is 354 g/mol. The smallest absolute Gasteiger partial charge is 0.238 e. The Kier molecular flexibility index (Phi) is 6.43. The van der Waals surface area contributed by atoms with E-state index in [4.69, 9.17) is 27.9 Å². The van der Waals surface area contributed by atoms with Crippen molar-refractivity contribution in [3.63, 3.8) is 0 Å². The number of nitrogens with one attached hydrogen (secondary N) is 2. The Morgan fingerprint density at radius 3 is 2.67 bits per heavy atom. The molecule has 0 aromatic heterocycles. The van der Waals surface area contributed by atoms with Crippen LogP contribution < -0.4 is 15.4 Å². The van der Waals surface area contributed by atoms with Crippen molar-refractivity contribution in [1.82, 2.24) is 5.32 Å². The highest BCUT2D eigenvalue weighted by molar-refractivity contribution is 6.35. The van der Waals surface area contributed by atoms with Crippen LogP contribution in [0, 0.1) is 5.82 Å². The summed E-state index contributed by atoms with van der Waals surface area (Å²) in [6, 6.07) is 9.39. The van der Waals surface area contributed by atoms with E-state index in [0.717, 1.165) is 0 Å². The van der Waals surface area contributed by atoms with Crippen molar-refractivity contribution in [3.05, 3.63) is 57.8 Å². The predicted octanol–water partition coefficient (Wildman–Crippen LogP) is 4.43. The average molecular weight is 371 g/mol. The third-order valence-electron chi connectivity index (χ3n) is 3.46. The number of ether oxygens (including phenoxy) is 1. The second-order valence-corrected chi connectivity index (χ2v) is 5.95. The zero-order valence-corrected chi connectivity index (χ0v) is 14.7. The van der Waals surface area contributed by atoms with Gasteiger partial charge in [-0.25, -0.2) is 4.39 Å². The molecule has 2 aromatic rings. The van der Waals surface area contributed by atoms with E-state index in [0.29, 0.717) is 22.0 Å². The SMILES string of the molecule is COc1ccccc1NC(=O)CN[C@H](C)c1cc(F)c(Cl)cc1Cl. The highest BCUT2D eigenvalue weighted by Gasteiger charge is 2.15. The van der Waals surface area contributed by atoms with E-state index in [1.165, 1.54) is 19.2 Å². The molecule has 2 N–H and O–H groups in total. The number of rotatable bonds is 6. The van der Waals surface area contributed by atoms with Crippen molar-refractivity contribution in [3.8, 4) is 5.75 Å². The van der Waals surface area contributed by atoms with E-state index in [-0.39, 0.29) is 23.5 Å². The third-order valence-corrected chi connectivity index (χ3v) is 4.07. The van der Waals surface area contributed by atoms with Crippen molar-refractivity contribution < 1.29 is 13.9 Å². The lowest BCUT2D eigenvalue weighted by atomic mass is 10.1. The van der Waals surface area contributed by atoms with Gasteiger partial charge in [0.1, 0.15) is 11.6 Å². The molecule has 0 saturated carbocycles. The fourth-order valence-electron chi connectivity index (χ4n) is 2.17. The quantitative estimate of drug-likeness (QED) is 0.739. The minimum absolute atomic E-state index is 0.0276. The Bertz CT molecular complexity index is 741. The summed E-state index contributed by atoms with van der Waals surface area (Å²) in [5, 5.41) is 6.05. The van der Waals surface area contributed by atoms with Crippen LogP contribution >= 0.6 is 23.2 Å². The maximum absolute atomic E-state index is 13.6. The van der Waals surface area contributed by atoms with Gasteiger partial charge >= 0.3 is 0 Å². The molecule has 0 saturated heterocycles. The molecule has 0 unspecified atom stereocenters. The fraction of sp³-hybridized carbons (Fsp3) is 0.235. The molecule has 7 heteroatoms. The first-order valence-corrected chi connectivity index (χ1v) is 7.98. The Morgan fingerprint density at radius 1 is 1.25 bits per heavy atom. The fourth-order valence-corrected chi connectivity index (χ4v) is 2.71. The molecule has 0 fully saturated rings. The summed E-state index contributed by atoms with van der Waals surface area (Å²) in [5.41, 5.74) is 1.11. The molecule has 0 radical (unpaired) electrons. The van der Waals surface area contributed by atoms with E-state index >= 15 is 0 Å². The molecule has 0 spiro atoms. The first kappa shape index (κ1) is 18.5. The van der Waals surface area contributed by atoms with E-state index in [2.05, 4.69) is 10.6 Å². The summed E-state index contributed by atoms with van der Waals surface area (Å²) in [7, 11) is 1.53. The van der Waals surface area contributed by atoms with Crippen molar-refractivity contribution in [2.24, 2.45) is 0 Å². The molecule has 0 aliphatic heterocycles. The zero-order chi connectivity index (χ0) is 17.7. The Balaban J connectivity index is 1.97. The lowest BCUT2D eigenvalue weighted by Gasteiger charge is -2.16. The van der Waals surface area contributed by atoms with Crippen LogP contribution in [0.3, 0.4) is 0 Å². The van der Waals surface area contributed by atoms with Crippen LogP contribution in [0.4, 0.5) is 10.1 Å². The zero-order valence-electron chi connectivity index (χ0n) is 13.2. The van der Waals surface area contributed by atoms with Gasteiger partial charge in [-0.1, -0.05) is 35.3 Å². The van der Waals surface area contributed by atoms with E-state index < -0.39 is 5.82 Å². The van der Waals surface area contributed by atoms with Gasteiger partial charge in [0.15, 0.2) is 0 Å². The number of methoxy groups -OCH3 is 1. The maximum atomic E-state index is 13.6.